The average molecular weight is 890 g/mol. The van der Waals surface area contributed by atoms with E-state index in [0.29, 0.717) is 54.2 Å². The Labute approximate surface area is 351 Å². The van der Waals surface area contributed by atoms with Crippen LogP contribution in [-0.2, 0) is 38.3 Å². The van der Waals surface area contributed by atoms with Crippen molar-refractivity contribution in [2.24, 2.45) is 11.8 Å². The van der Waals surface area contributed by atoms with E-state index in [9.17, 15) is 40.8 Å². The lowest BCUT2D eigenvalue weighted by atomic mass is 9.90. The van der Waals surface area contributed by atoms with Crippen LogP contribution in [0.1, 0.15) is 86.0 Å². The normalized spacial score (nSPS) is 24.6. The van der Waals surface area contributed by atoms with E-state index in [1.54, 1.807) is 63.6 Å². The van der Waals surface area contributed by atoms with Crippen molar-refractivity contribution in [2.75, 3.05) is 26.4 Å². The number of rotatable bonds is 15. The second-order valence-electron chi connectivity index (χ2n) is 16.8. The predicted molar refractivity (Wildman–Crippen MR) is 209 cm³/mol. The molecule has 2 saturated heterocycles. The summed E-state index contributed by atoms with van der Waals surface area (Å²) in [6.07, 6.45) is -7.28. The number of halogens is 4. The molecule has 0 unspecified atom stereocenters. The number of ether oxygens (including phenoxy) is 4. The topological polar surface area (TPSA) is 201 Å². The van der Waals surface area contributed by atoms with E-state index >= 15 is 0 Å². The van der Waals surface area contributed by atoms with Gasteiger partial charge < -0.3 is 34.5 Å². The second kappa shape index (κ2) is 17.3. The molecule has 0 bridgehead atoms. The van der Waals surface area contributed by atoms with Gasteiger partial charge in [0, 0.05) is 31.1 Å². The molecule has 4 fully saturated rings. The molecule has 2 aliphatic carbocycles. The highest BCUT2D eigenvalue weighted by Gasteiger charge is 2.63. The third-order valence-electron chi connectivity index (χ3n) is 11.0. The molecule has 2 aliphatic heterocycles. The van der Waals surface area contributed by atoms with Crippen LogP contribution >= 0.6 is 11.6 Å². The van der Waals surface area contributed by atoms with Gasteiger partial charge in [-0.3, -0.25) is 14.4 Å². The summed E-state index contributed by atoms with van der Waals surface area (Å²) in [6.45, 7) is 9.27. The van der Waals surface area contributed by atoms with Crippen molar-refractivity contribution in [3.05, 3.63) is 29.3 Å². The summed E-state index contributed by atoms with van der Waals surface area (Å²) >= 11 is 6.50. The lowest BCUT2D eigenvalue weighted by Gasteiger charge is -2.35. The standard InChI is InChI=1S/C39H51ClF3N5O11S/c1-6-23-19-38(23,34(51)47-60(53,54)59-37(13-14-37)21-39(41,42)43)46-32(49)27-17-24(57-28-18-29(56-7-2)44-31-25(28)9-8-10-26(31)40)20-48(27)33(50)30(22-11-15-55-16-12-22)45-35(52)58-36(3,4)5/h8-10,18,22-24,27,30H,6-7,11-17,19-21H2,1-5H3,(H,45,52)(H,46,49)(H,47,51)/t23-,24-,27+,30+,38-/m1/s1. The fourth-order valence-electron chi connectivity index (χ4n) is 7.94. The minimum atomic E-state index is -5.05. The second-order valence-corrected chi connectivity index (χ2v) is 18.5. The number of likely N-dealkylation sites (tertiary alicyclic amines) is 1. The Kier molecular flexibility index (Phi) is 13.1. The molecular formula is C39H51ClF3N5O11S. The first-order valence-electron chi connectivity index (χ1n) is 20.0. The molecule has 4 aliphatic rings. The number of amides is 4. The van der Waals surface area contributed by atoms with E-state index in [4.69, 9.17) is 34.7 Å². The van der Waals surface area contributed by atoms with Gasteiger partial charge in [0.15, 0.2) is 0 Å². The van der Waals surface area contributed by atoms with Crippen LogP contribution in [0.2, 0.25) is 5.02 Å². The molecule has 0 radical (unpaired) electrons. The average Bonchev–Trinajstić information content (AvgIpc) is 4.02. The first-order chi connectivity index (χ1) is 28.1. The highest BCUT2D eigenvalue weighted by atomic mass is 35.5. The first-order valence-corrected chi connectivity index (χ1v) is 21.8. The Balaban J connectivity index is 1.30. The molecule has 5 atom stereocenters. The van der Waals surface area contributed by atoms with Crippen molar-refractivity contribution in [1.29, 1.82) is 0 Å². The third kappa shape index (κ3) is 10.8. The summed E-state index contributed by atoms with van der Waals surface area (Å²) in [5.74, 6) is -3.11. The van der Waals surface area contributed by atoms with E-state index in [2.05, 4.69) is 15.6 Å². The van der Waals surface area contributed by atoms with Gasteiger partial charge in [0.2, 0.25) is 17.7 Å². The Hall–Kier alpha value is -4.14. The Morgan fingerprint density at radius 3 is 2.40 bits per heavy atom. The van der Waals surface area contributed by atoms with Gasteiger partial charge in [-0.2, -0.15) is 21.6 Å². The highest BCUT2D eigenvalue weighted by Crippen LogP contribution is 2.50. The summed E-state index contributed by atoms with van der Waals surface area (Å²) in [5, 5.41) is 6.26. The van der Waals surface area contributed by atoms with Crippen molar-refractivity contribution in [3.8, 4) is 11.6 Å². The van der Waals surface area contributed by atoms with E-state index < -0.39 is 93.5 Å². The van der Waals surface area contributed by atoms with Crippen molar-refractivity contribution in [3.63, 3.8) is 0 Å². The molecule has 21 heteroatoms. The molecule has 332 valence electrons. The number of hydrogen-bond acceptors (Lipinski definition) is 12. The van der Waals surface area contributed by atoms with Crippen LogP contribution in [0.4, 0.5) is 18.0 Å². The van der Waals surface area contributed by atoms with Gasteiger partial charge in [-0.25, -0.2) is 18.7 Å². The molecule has 3 heterocycles. The van der Waals surface area contributed by atoms with Gasteiger partial charge in [-0.1, -0.05) is 31.0 Å². The summed E-state index contributed by atoms with van der Waals surface area (Å²) in [5.41, 5.74) is -4.32. The quantitative estimate of drug-likeness (QED) is 0.214. The largest absolute Gasteiger partial charge is 0.488 e. The van der Waals surface area contributed by atoms with Crippen LogP contribution in [0.5, 0.6) is 11.6 Å². The Morgan fingerprint density at radius 2 is 1.80 bits per heavy atom. The minimum absolute atomic E-state index is 0.000248. The number of fused-ring (bicyclic) bond motifs is 1. The molecular weight excluding hydrogens is 839 g/mol. The van der Waals surface area contributed by atoms with Crippen molar-refractivity contribution in [1.82, 2.24) is 25.2 Å². The lowest BCUT2D eigenvalue weighted by Crippen LogP contribution is -2.59. The fourth-order valence-corrected chi connectivity index (χ4v) is 9.30. The van der Waals surface area contributed by atoms with Gasteiger partial charge in [0.05, 0.1) is 35.7 Å². The van der Waals surface area contributed by atoms with E-state index in [-0.39, 0.29) is 44.7 Å². The zero-order valence-electron chi connectivity index (χ0n) is 34.0. The molecule has 1 aromatic carbocycles. The predicted octanol–water partition coefficient (Wildman–Crippen LogP) is 5.10. The molecule has 60 heavy (non-hydrogen) atoms. The molecule has 2 aromatic rings. The number of alkyl carbamates (subject to hydrolysis) is 1. The zero-order valence-corrected chi connectivity index (χ0v) is 35.6. The maximum absolute atomic E-state index is 14.8. The molecule has 2 saturated carbocycles. The summed E-state index contributed by atoms with van der Waals surface area (Å²) in [4.78, 5) is 62.0. The Morgan fingerprint density at radius 1 is 1.10 bits per heavy atom. The van der Waals surface area contributed by atoms with Crippen LogP contribution in [0.25, 0.3) is 10.9 Å². The van der Waals surface area contributed by atoms with Gasteiger partial charge in [-0.05, 0) is 83.8 Å². The Bertz CT molecular complexity index is 2080. The van der Waals surface area contributed by atoms with Crippen LogP contribution in [0.3, 0.4) is 0 Å². The van der Waals surface area contributed by atoms with Crippen LogP contribution < -0.4 is 24.8 Å². The maximum atomic E-state index is 14.8. The number of carbonyl (C=O) groups is 4. The molecule has 1 aromatic heterocycles. The SMILES string of the molecule is CCOc1cc(O[C@@H]2C[C@@H](C(=O)N[C@]3(C(=O)NS(=O)(=O)OC4(CC(F)(F)F)CC4)C[C@H]3CC)N(C(=O)[C@@H](NC(=O)OC(C)(C)C)C3CCOCC3)C2)c2cccc(Cl)c2n1. The molecule has 6 rings (SSSR count). The number of benzene rings is 1. The molecule has 0 spiro atoms. The van der Waals surface area contributed by atoms with Crippen molar-refractivity contribution in [2.45, 2.75) is 127 Å². The van der Waals surface area contributed by atoms with Crippen molar-refractivity contribution < 1.29 is 63.9 Å². The van der Waals surface area contributed by atoms with E-state index in [1.165, 1.54) is 4.90 Å². The summed E-state index contributed by atoms with van der Waals surface area (Å²) in [7, 11) is -5.05. The number of nitrogens with one attached hydrogen (secondary N) is 3. The third-order valence-corrected chi connectivity index (χ3v) is 12.3. The smallest absolute Gasteiger partial charge is 0.408 e. The number of pyridine rings is 1. The molecule has 4 amide bonds. The summed E-state index contributed by atoms with van der Waals surface area (Å²) < 4.78 is 95.3. The number of aromatic nitrogens is 1. The van der Waals surface area contributed by atoms with E-state index in [1.807, 2.05) is 0 Å². The number of carbonyl (C=O) groups excluding carboxylic acids is 4. The number of para-hydroxylation sites is 1. The number of alkyl halides is 3. The monoisotopic (exact) mass is 889 g/mol. The number of nitrogens with zero attached hydrogens (tertiary/aromatic N) is 2. The van der Waals surface area contributed by atoms with Gasteiger partial charge in [0.1, 0.15) is 35.1 Å². The van der Waals surface area contributed by atoms with Gasteiger partial charge in [-0.15, -0.1) is 0 Å². The van der Waals surface area contributed by atoms with Crippen molar-refractivity contribution >= 4 is 56.6 Å². The van der Waals surface area contributed by atoms with Gasteiger partial charge >= 0.3 is 22.6 Å². The molecule has 16 nitrogen and oxygen atoms in total. The number of hydrogen-bond donors (Lipinski definition) is 3. The molecule has 3 N–H and O–H groups in total. The first kappa shape index (κ1) is 45.4. The highest BCUT2D eigenvalue weighted by molar-refractivity contribution is 7.85. The van der Waals surface area contributed by atoms with Crippen LogP contribution in [0.15, 0.2) is 24.3 Å². The zero-order chi connectivity index (χ0) is 43.8. The lowest BCUT2D eigenvalue weighted by molar-refractivity contribution is -0.154. The van der Waals surface area contributed by atoms with Gasteiger partial charge in [0.25, 0.3) is 5.91 Å². The van der Waals surface area contributed by atoms with Crippen LogP contribution in [0, 0.1) is 11.8 Å². The van der Waals surface area contributed by atoms with E-state index in [0.717, 1.165) is 0 Å². The minimum Gasteiger partial charge on any atom is -0.488 e. The van der Waals surface area contributed by atoms with Crippen LogP contribution in [-0.4, -0.2) is 110 Å². The summed E-state index contributed by atoms with van der Waals surface area (Å²) in [6, 6.07) is 4.17. The maximum Gasteiger partial charge on any atom is 0.408 e. The fraction of sp³-hybridized carbons (Fsp3) is 0.667.